The highest BCUT2D eigenvalue weighted by atomic mass is 16.3. The smallest absolute Gasteiger partial charge is 0.0943 e. The molecule has 1 heterocycles. The molecule has 0 saturated carbocycles. The lowest BCUT2D eigenvalue weighted by atomic mass is 9.89. The van der Waals surface area contributed by atoms with Gasteiger partial charge in [-0.25, -0.2) is 0 Å². The third-order valence-corrected chi connectivity index (χ3v) is 3.83. The molecule has 1 atom stereocenters. The summed E-state index contributed by atoms with van der Waals surface area (Å²) in [5.41, 5.74) is 3.97. The van der Waals surface area contributed by atoms with Crippen molar-refractivity contribution in [2.75, 3.05) is 0 Å². The molecule has 1 unspecified atom stereocenters. The van der Waals surface area contributed by atoms with Crippen molar-refractivity contribution in [3.05, 3.63) is 52.8 Å². The van der Waals surface area contributed by atoms with Crippen LogP contribution in [0.1, 0.15) is 28.7 Å². The van der Waals surface area contributed by atoms with E-state index >= 15 is 0 Å². The second-order valence-electron chi connectivity index (χ2n) is 5.39. The highest BCUT2D eigenvalue weighted by Crippen LogP contribution is 2.39. The minimum atomic E-state index is -0.718. The molecule has 94 valence electrons. The number of rotatable bonds is 2. The zero-order valence-corrected chi connectivity index (χ0v) is 10.8. The van der Waals surface area contributed by atoms with E-state index in [0.717, 1.165) is 24.0 Å². The van der Waals surface area contributed by atoms with Crippen LogP contribution in [0.3, 0.4) is 0 Å². The third-order valence-electron chi connectivity index (χ3n) is 3.83. The molecule has 3 rings (SSSR count). The zero-order valence-electron chi connectivity index (χ0n) is 10.8. The summed E-state index contributed by atoms with van der Waals surface area (Å²) >= 11 is 0. The Labute approximate surface area is 107 Å². The Kier molecular flexibility index (Phi) is 2.52. The summed E-state index contributed by atoms with van der Waals surface area (Å²) < 4.78 is 1.78. The first-order valence-electron chi connectivity index (χ1n) is 6.37. The average Bonchev–Trinajstić information content (AvgIpc) is 2.85. The van der Waals surface area contributed by atoms with Gasteiger partial charge >= 0.3 is 0 Å². The van der Waals surface area contributed by atoms with Gasteiger partial charge in [-0.1, -0.05) is 23.8 Å². The second-order valence-corrected chi connectivity index (χ2v) is 5.39. The van der Waals surface area contributed by atoms with E-state index < -0.39 is 5.60 Å². The molecule has 3 heteroatoms. The molecular formula is C15H18N2O. The van der Waals surface area contributed by atoms with Crippen LogP contribution in [0, 0.1) is 6.92 Å². The van der Waals surface area contributed by atoms with E-state index in [1.807, 2.05) is 19.4 Å². The van der Waals surface area contributed by atoms with E-state index in [4.69, 9.17) is 0 Å². The van der Waals surface area contributed by atoms with Gasteiger partial charge in [0.2, 0.25) is 0 Å². The fraction of sp³-hybridized carbons (Fsp3) is 0.400. The van der Waals surface area contributed by atoms with Crippen LogP contribution in [0.15, 0.2) is 30.6 Å². The minimum absolute atomic E-state index is 0.650. The van der Waals surface area contributed by atoms with Crippen molar-refractivity contribution < 1.29 is 5.11 Å². The van der Waals surface area contributed by atoms with Crippen LogP contribution in [-0.4, -0.2) is 14.9 Å². The summed E-state index contributed by atoms with van der Waals surface area (Å²) in [5.74, 6) is 0. The Hall–Kier alpha value is -1.61. The number of aryl methyl sites for hydroxylation is 3. The highest BCUT2D eigenvalue weighted by Gasteiger charge is 2.36. The third kappa shape index (κ3) is 1.85. The zero-order chi connectivity index (χ0) is 12.8. The molecule has 0 radical (unpaired) electrons. The molecule has 2 aromatic rings. The number of nitrogens with zero attached hydrogens (tertiary/aromatic N) is 2. The second kappa shape index (κ2) is 3.95. The maximum atomic E-state index is 10.9. The van der Waals surface area contributed by atoms with Crippen LogP contribution in [-0.2, 0) is 25.5 Å². The van der Waals surface area contributed by atoms with Gasteiger partial charge in [0, 0.05) is 19.7 Å². The van der Waals surface area contributed by atoms with E-state index in [1.54, 1.807) is 4.68 Å². The van der Waals surface area contributed by atoms with Crippen LogP contribution in [0.2, 0.25) is 0 Å². The van der Waals surface area contributed by atoms with Crippen molar-refractivity contribution in [1.82, 2.24) is 9.78 Å². The summed E-state index contributed by atoms with van der Waals surface area (Å²) in [6.07, 6.45) is 6.24. The fourth-order valence-corrected chi connectivity index (χ4v) is 2.90. The maximum Gasteiger partial charge on any atom is 0.0943 e. The number of hydrogen-bond acceptors (Lipinski definition) is 2. The molecule has 1 aromatic heterocycles. The van der Waals surface area contributed by atoms with Crippen LogP contribution < -0.4 is 0 Å². The summed E-state index contributed by atoms with van der Waals surface area (Å²) in [7, 11) is 1.90. The molecule has 0 fully saturated rings. The lowest BCUT2D eigenvalue weighted by Gasteiger charge is -2.23. The lowest BCUT2D eigenvalue weighted by molar-refractivity contribution is 0.0389. The van der Waals surface area contributed by atoms with Crippen molar-refractivity contribution >= 4 is 0 Å². The molecule has 1 N–H and O–H groups in total. The van der Waals surface area contributed by atoms with E-state index in [9.17, 15) is 5.11 Å². The predicted octanol–water partition coefficient (Wildman–Crippen LogP) is 2.11. The topological polar surface area (TPSA) is 38.1 Å². The molecule has 1 aliphatic rings. The highest BCUT2D eigenvalue weighted by molar-refractivity contribution is 5.41. The van der Waals surface area contributed by atoms with Crippen LogP contribution in [0.5, 0.6) is 0 Å². The van der Waals surface area contributed by atoms with Gasteiger partial charge in [0.05, 0.1) is 11.8 Å². The van der Waals surface area contributed by atoms with Gasteiger partial charge in [-0.3, -0.25) is 4.68 Å². The molecule has 0 saturated heterocycles. The number of benzene rings is 1. The summed E-state index contributed by atoms with van der Waals surface area (Å²) in [4.78, 5) is 0. The average molecular weight is 242 g/mol. The quantitative estimate of drug-likeness (QED) is 0.876. The number of aromatic nitrogens is 2. The first kappa shape index (κ1) is 11.5. The van der Waals surface area contributed by atoms with E-state index in [2.05, 4.69) is 30.2 Å². The summed E-state index contributed by atoms with van der Waals surface area (Å²) in [5, 5.41) is 15.1. The summed E-state index contributed by atoms with van der Waals surface area (Å²) in [6.45, 7) is 2.07. The molecule has 0 spiro atoms. The molecule has 3 nitrogen and oxygen atoms in total. The summed E-state index contributed by atoms with van der Waals surface area (Å²) in [6, 6.07) is 6.39. The Bertz CT molecular complexity index is 588. The van der Waals surface area contributed by atoms with E-state index in [0.29, 0.717) is 6.42 Å². The molecular weight excluding hydrogens is 224 g/mol. The first-order chi connectivity index (χ1) is 8.57. The van der Waals surface area contributed by atoms with Crippen LogP contribution in [0.25, 0.3) is 0 Å². The van der Waals surface area contributed by atoms with E-state index in [-0.39, 0.29) is 0 Å². The minimum Gasteiger partial charge on any atom is -0.385 e. The maximum absolute atomic E-state index is 10.9. The molecule has 18 heavy (non-hydrogen) atoms. The normalized spacial score (nSPS) is 22.2. The predicted molar refractivity (Wildman–Crippen MR) is 70.3 cm³/mol. The van der Waals surface area contributed by atoms with Gasteiger partial charge in [-0.15, -0.1) is 0 Å². The standard InChI is InChI=1S/C15H18N2O/c1-11-3-4-13-5-6-15(18,14(13)7-11)8-12-9-16-17(2)10-12/h3-4,7,9-10,18H,5-6,8H2,1-2H3. The Balaban J connectivity index is 1.96. The Morgan fingerprint density at radius 2 is 2.28 bits per heavy atom. The largest absolute Gasteiger partial charge is 0.385 e. The molecule has 0 aliphatic heterocycles. The van der Waals surface area contributed by atoms with Gasteiger partial charge in [-0.05, 0) is 36.5 Å². The van der Waals surface area contributed by atoms with Crippen molar-refractivity contribution in [1.29, 1.82) is 0 Å². The van der Waals surface area contributed by atoms with Crippen molar-refractivity contribution in [2.24, 2.45) is 7.05 Å². The number of aliphatic hydroxyl groups is 1. The molecule has 0 amide bonds. The van der Waals surface area contributed by atoms with E-state index in [1.165, 1.54) is 11.1 Å². The fourth-order valence-electron chi connectivity index (χ4n) is 2.90. The number of fused-ring (bicyclic) bond motifs is 1. The molecule has 1 aromatic carbocycles. The van der Waals surface area contributed by atoms with Gasteiger partial charge < -0.3 is 5.11 Å². The molecule has 0 bridgehead atoms. The van der Waals surface area contributed by atoms with Crippen LogP contribution in [0.4, 0.5) is 0 Å². The Morgan fingerprint density at radius 3 is 3.00 bits per heavy atom. The lowest BCUT2D eigenvalue weighted by Crippen LogP contribution is -2.25. The van der Waals surface area contributed by atoms with Gasteiger partial charge in [-0.2, -0.15) is 5.10 Å². The Morgan fingerprint density at radius 1 is 1.44 bits per heavy atom. The van der Waals surface area contributed by atoms with Crippen molar-refractivity contribution in [2.45, 2.75) is 31.8 Å². The molecule has 1 aliphatic carbocycles. The van der Waals surface area contributed by atoms with Crippen molar-refractivity contribution in [3.8, 4) is 0 Å². The van der Waals surface area contributed by atoms with Gasteiger partial charge in [0.1, 0.15) is 0 Å². The van der Waals surface area contributed by atoms with Crippen LogP contribution >= 0.6 is 0 Å². The first-order valence-corrected chi connectivity index (χ1v) is 6.37. The van der Waals surface area contributed by atoms with Gasteiger partial charge in [0.25, 0.3) is 0 Å². The van der Waals surface area contributed by atoms with Crippen molar-refractivity contribution in [3.63, 3.8) is 0 Å². The SMILES string of the molecule is Cc1ccc2c(c1)C(O)(Cc1cnn(C)c1)CC2. The number of hydrogen-bond donors (Lipinski definition) is 1. The monoisotopic (exact) mass is 242 g/mol. The van der Waals surface area contributed by atoms with Gasteiger partial charge in [0.15, 0.2) is 0 Å².